The van der Waals surface area contributed by atoms with Crippen LogP contribution < -0.4 is 24.8 Å². The third-order valence-corrected chi connectivity index (χ3v) is 4.62. The van der Waals surface area contributed by atoms with E-state index in [-0.39, 0.29) is 30.8 Å². The van der Waals surface area contributed by atoms with Gasteiger partial charge in [-0.2, -0.15) is 5.10 Å². The summed E-state index contributed by atoms with van der Waals surface area (Å²) in [5, 5.41) is 11.2. The van der Waals surface area contributed by atoms with E-state index < -0.39 is 0 Å². The van der Waals surface area contributed by atoms with Crippen molar-refractivity contribution in [2.24, 2.45) is 4.99 Å². The van der Waals surface area contributed by atoms with Gasteiger partial charge in [-0.15, -0.1) is 24.0 Å². The minimum absolute atomic E-state index is 0. The molecule has 9 heteroatoms. The zero-order valence-electron chi connectivity index (χ0n) is 17.5. The molecular formula is C22H26IN5O3. The van der Waals surface area contributed by atoms with Crippen molar-refractivity contribution in [3.8, 4) is 22.9 Å². The smallest absolute Gasteiger partial charge is 0.231 e. The van der Waals surface area contributed by atoms with Gasteiger partial charge < -0.3 is 24.8 Å². The van der Waals surface area contributed by atoms with Crippen molar-refractivity contribution in [2.75, 3.05) is 20.4 Å². The molecule has 0 saturated heterocycles. The van der Waals surface area contributed by atoms with E-state index in [4.69, 9.17) is 14.2 Å². The maximum atomic E-state index is 5.43. The third-order valence-electron chi connectivity index (χ3n) is 4.62. The molecule has 4 rings (SSSR count). The number of aromatic nitrogens is 2. The molecule has 2 aromatic carbocycles. The number of nitrogens with one attached hydrogen (secondary N) is 2. The van der Waals surface area contributed by atoms with Crippen molar-refractivity contribution in [1.82, 2.24) is 20.4 Å². The minimum Gasteiger partial charge on any atom is -0.497 e. The average molecular weight is 535 g/mol. The molecule has 0 spiro atoms. The summed E-state index contributed by atoms with van der Waals surface area (Å²) in [6.45, 7) is 4.18. The Hall–Kier alpha value is -2.95. The first-order valence-electron chi connectivity index (χ1n) is 9.85. The lowest BCUT2D eigenvalue weighted by Crippen LogP contribution is -2.36. The normalized spacial score (nSPS) is 12.3. The number of rotatable bonds is 7. The molecule has 0 atom stereocenters. The van der Waals surface area contributed by atoms with Crippen LogP contribution in [0, 0.1) is 0 Å². The summed E-state index contributed by atoms with van der Waals surface area (Å²) in [7, 11) is 1.66. The van der Waals surface area contributed by atoms with E-state index in [1.807, 2.05) is 66.3 Å². The number of hydrogen-bond acceptors (Lipinski definition) is 5. The summed E-state index contributed by atoms with van der Waals surface area (Å²) in [5.41, 5.74) is 2.95. The molecule has 0 amide bonds. The Kier molecular flexibility index (Phi) is 7.99. The lowest BCUT2D eigenvalue weighted by Gasteiger charge is -2.10. The van der Waals surface area contributed by atoms with Gasteiger partial charge in [-0.05, 0) is 55.0 Å². The number of benzene rings is 2. The second-order valence-electron chi connectivity index (χ2n) is 6.69. The molecule has 0 fully saturated rings. The van der Waals surface area contributed by atoms with Crippen LogP contribution in [0.15, 0.2) is 59.7 Å². The summed E-state index contributed by atoms with van der Waals surface area (Å²) >= 11 is 0. The van der Waals surface area contributed by atoms with Crippen LogP contribution in [0.5, 0.6) is 17.2 Å². The lowest BCUT2D eigenvalue weighted by molar-refractivity contribution is 0.174. The number of methoxy groups -OCH3 is 1. The van der Waals surface area contributed by atoms with Crippen molar-refractivity contribution in [3.05, 3.63) is 66.0 Å². The number of nitrogens with zero attached hydrogens (tertiary/aromatic N) is 3. The van der Waals surface area contributed by atoms with Crippen LogP contribution in [0.3, 0.4) is 0 Å². The molecule has 164 valence electrons. The van der Waals surface area contributed by atoms with Crippen LogP contribution >= 0.6 is 24.0 Å². The van der Waals surface area contributed by atoms with E-state index >= 15 is 0 Å². The van der Waals surface area contributed by atoms with E-state index in [1.54, 1.807) is 7.11 Å². The first kappa shape index (κ1) is 22.7. The Morgan fingerprint density at radius 2 is 1.90 bits per heavy atom. The predicted octanol–water partition coefficient (Wildman–Crippen LogP) is 3.48. The zero-order valence-corrected chi connectivity index (χ0v) is 19.8. The largest absolute Gasteiger partial charge is 0.497 e. The molecule has 1 aliphatic rings. The van der Waals surface area contributed by atoms with Gasteiger partial charge >= 0.3 is 0 Å². The first-order valence-corrected chi connectivity index (χ1v) is 9.85. The predicted molar refractivity (Wildman–Crippen MR) is 130 cm³/mol. The van der Waals surface area contributed by atoms with Crippen LogP contribution in [0.4, 0.5) is 0 Å². The van der Waals surface area contributed by atoms with Gasteiger partial charge in [0.25, 0.3) is 0 Å². The van der Waals surface area contributed by atoms with Gasteiger partial charge in [-0.3, -0.25) is 0 Å². The summed E-state index contributed by atoms with van der Waals surface area (Å²) in [6.07, 6.45) is 1.94. The second-order valence-corrected chi connectivity index (χ2v) is 6.69. The van der Waals surface area contributed by atoms with Crippen molar-refractivity contribution >= 4 is 29.9 Å². The van der Waals surface area contributed by atoms with Crippen molar-refractivity contribution < 1.29 is 14.2 Å². The minimum atomic E-state index is 0. The topological polar surface area (TPSA) is 81.9 Å². The van der Waals surface area contributed by atoms with Crippen LogP contribution in [0.25, 0.3) is 5.69 Å². The molecule has 8 nitrogen and oxygen atoms in total. The standard InChI is InChI=1S/C22H25N5O3.HI/c1-3-23-22(24-13-16-4-9-20-21(12-16)30-15-29-20)25-14-17-10-11-27(26-17)18-5-7-19(28-2)8-6-18;/h4-12H,3,13-15H2,1-2H3,(H2,23,24,25);1H. The maximum Gasteiger partial charge on any atom is 0.231 e. The quantitative estimate of drug-likeness (QED) is 0.274. The molecule has 2 N–H and O–H groups in total. The highest BCUT2D eigenvalue weighted by atomic mass is 127. The third kappa shape index (κ3) is 5.81. The van der Waals surface area contributed by atoms with Gasteiger partial charge in [0.2, 0.25) is 6.79 Å². The molecule has 0 saturated carbocycles. The van der Waals surface area contributed by atoms with E-state index in [0.717, 1.165) is 46.7 Å². The van der Waals surface area contributed by atoms with Gasteiger partial charge in [-0.1, -0.05) is 6.07 Å². The van der Waals surface area contributed by atoms with Gasteiger partial charge in [0.1, 0.15) is 5.75 Å². The van der Waals surface area contributed by atoms with Crippen molar-refractivity contribution in [2.45, 2.75) is 20.0 Å². The highest BCUT2D eigenvalue weighted by molar-refractivity contribution is 14.0. The zero-order chi connectivity index (χ0) is 20.8. The Labute approximate surface area is 198 Å². The number of fused-ring (bicyclic) bond motifs is 1. The number of ether oxygens (including phenoxy) is 3. The van der Waals surface area contributed by atoms with Crippen molar-refractivity contribution in [3.63, 3.8) is 0 Å². The van der Waals surface area contributed by atoms with Crippen LogP contribution in [0.2, 0.25) is 0 Å². The van der Waals surface area contributed by atoms with Crippen LogP contribution in [-0.4, -0.2) is 36.2 Å². The van der Waals surface area contributed by atoms with Crippen LogP contribution in [-0.2, 0) is 13.1 Å². The van der Waals surface area contributed by atoms with E-state index in [2.05, 4.69) is 20.7 Å². The number of hydrogen-bond donors (Lipinski definition) is 2. The highest BCUT2D eigenvalue weighted by Gasteiger charge is 2.13. The van der Waals surface area contributed by atoms with Crippen molar-refractivity contribution in [1.29, 1.82) is 0 Å². The molecule has 0 bridgehead atoms. The fourth-order valence-corrected chi connectivity index (χ4v) is 3.06. The maximum absolute atomic E-state index is 5.43. The van der Waals surface area contributed by atoms with Gasteiger partial charge in [0, 0.05) is 12.7 Å². The summed E-state index contributed by atoms with van der Waals surface area (Å²) < 4.78 is 17.8. The Bertz CT molecular complexity index is 1020. The number of halogens is 1. The molecule has 1 aliphatic heterocycles. The van der Waals surface area contributed by atoms with E-state index in [9.17, 15) is 0 Å². The highest BCUT2D eigenvalue weighted by Crippen LogP contribution is 2.32. The monoisotopic (exact) mass is 535 g/mol. The first-order chi connectivity index (χ1) is 14.7. The number of aliphatic imine (C=N–C) groups is 1. The SMILES string of the molecule is CCNC(=NCc1ccc2c(c1)OCO2)NCc1ccn(-c2ccc(OC)cc2)n1.I. The Balaban J connectivity index is 0.00000272. The molecule has 0 aliphatic carbocycles. The van der Waals surface area contributed by atoms with Gasteiger partial charge in [0.05, 0.1) is 31.6 Å². The molecule has 1 aromatic heterocycles. The van der Waals surface area contributed by atoms with Crippen LogP contribution in [0.1, 0.15) is 18.2 Å². The molecule has 0 radical (unpaired) electrons. The second kappa shape index (κ2) is 10.9. The average Bonchev–Trinajstić information content (AvgIpc) is 3.45. The summed E-state index contributed by atoms with van der Waals surface area (Å²) in [5.74, 6) is 3.10. The summed E-state index contributed by atoms with van der Waals surface area (Å²) in [4.78, 5) is 4.66. The number of guanidine groups is 1. The van der Waals surface area contributed by atoms with E-state index in [0.29, 0.717) is 13.1 Å². The van der Waals surface area contributed by atoms with Gasteiger partial charge in [0.15, 0.2) is 17.5 Å². The summed E-state index contributed by atoms with van der Waals surface area (Å²) in [6, 6.07) is 15.6. The van der Waals surface area contributed by atoms with Gasteiger partial charge in [-0.25, -0.2) is 9.67 Å². The molecule has 0 unspecified atom stereocenters. The fraction of sp³-hybridized carbons (Fsp3) is 0.273. The lowest BCUT2D eigenvalue weighted by atomic mass is 10.2. The van der Waals surface area contributed by atoms with E-state index in [1.165, 1.54) is 0 Å². The Morgan fingerprint density at radius 3 is 2.68 bits per heavy atom. The Morgan fingerprint density at radius 1 is 1.10 bits per heavy atom. The molecule has 2 heterocycles. The molecule has 3 aromatic rings. The molecule has 31 heavy (non-hydrogen) atoms. The molecular weight excluding hydrogens is 509 g/mol. The fourth-order valence-electron chi connectivity index (χ4n) is 3.06.